The Labute approximate surface area is 825 Å². The molecule has 6 spiro atoms. The van der Waals surface area contributed by atoms with Crippen molar-refractivity contribution in [1.29, 1.82) is 0 Å². The van der Waals surface area contributed by atoms with Gasteiger partial charge in [-0.05, 0) is 363 Å². The summed E-state index contributed by atoms with van der Waals surface area (Å²) in [7, 11) is 9.62. The Balaban J connectivity index is 0.000000128. The van der Waals surface area contributed by atoms with Crippen LogP contribution in [0.4, 0.5) is 0 Å². The van der Waals surface area contributed by atoms with Crippen molar-refractivity contribution in [2.24, 2.45) is 35.2 Å². The molecule has 0 atom stereocenters. The van der Waals surface area contributed by atoms with Crippen LogP contribution in [0.1, 0.15) is 381 Å². The molecule has 11 aliphatic rings. The number of aryl methyl sites for hydroxylation is 22. The molecule has 21 rings (SSSR count). The fourth-order valence-corrected chi connectivity index (χ4v) is 25.9. The van der Waals surface area contributed by atoms with Crippen LogP contribution in [-0.4, -0.2) is 28.0 Å². The molecular formula is C123H164N5O5+5. The van der Waals surface area contributed by atoms with Gasteiger partial charge in [-0.2, -0.15) is 0 Å². The third-order valence-corrected chi connectivity index (χ3v) is 33.2. The minimum atomic E-state index is -2.17. The number of benzene rings is 5. The number of nitrogens with zero attached hydrogens (tertiary/aromatic N) is 5. The Hall–Kier alpha value is -9.15. The highest BCUT2D eigenvalue weighted by Crippen LogP contribution is 2.61. The van der Waals surface area contributed by atoms with E-state index in [1.165, 1.54) is 162 Å². The number of pyridine rings is 5. The predicted octanol–water partition coefficient (Wildman–Crippen LogP) is 28.4. The maximum absolute atomic E-state index is 8.82. The van der Waals surface area contributed by atoms with Crippen molar-refractivity contribution in [3.8, 4) is 85.0 Å². The number of ether oxygens (including phenoxy) is 5. The van der Waals surface area contributed by atoms with E-state index >= 15 is 0 Å². The molecule has 5 aromatic heterocycles. The zero-order valence-corrected chi connectivity index (χ0v) is 84.1. The highest BCUT2D eigenvalue weighted by molar-refractivity contribution is 5.78. The summed E-state index contributed by atoms with van der Waals surface area (Å²) < 4.78 is 179. The standard InChI is InChI=1S/C27H36NO.2C25H34NO.2C23H30NO/c1-19-10-11-22-25(24(19)23-16-20(2)21(3)17-28(23)4)29-27(14-6-5-7-15-27)18-26(22)12-8-9-13-26;1-17-10-11-20-23(22(17)21-14-18(2)19(3)15-26(21)6)27-24(4,5)16-25(20)12-8-7-9-13-25;1-17-10-11-20-23(22(17)21-14-18(2)19(3)15-26(21)6)27-25(16-24(20,4)5)12-8-7-9-13-25;2*1-16-8-9-19-10-13-23(11-6-5-7-12-23)25-22(19)21(16)20-14-17(2)18(3)15-24(20)4/h10-11,16-17H,5-9,12-15,18H2,1-4H3;2*10-11,14-15H,7-9,12-13,16H2,1-6H3;2*8-9,14-15H,5-7,10-13H2,1-4H3/q5*+1/i3*3D3;3D3,10D2;3D3. The van der Waals surface area contributed by atoms with Crippen LogP contribution < -0.4 is 46.5 Å². The van der Waals surface area contributed by atoms with Gasteiger partial charge in [0.1, 0.15) is 92.0 Å². The van der Waals surface area contributed by atoms with Gasteiger partial charge in [-0.1, -0.05) is 132 Å². The highest BCUT2D eigenvalue weighted by atomic mass is 16.5. The van der Waals surface area contributed by atoms with Gasteiger partial charge >= 0.3 is 0 Å². The lowest BCUT2D eigenvalue weighted by atomic mass is 9.62. The van der Waals surface area contributed by atoms with Crippen LogP contribution in [0.2, 0.25) is 0 Å². The summed E-state index contributed by atoms with van der Waals surface area (Å²) in [6, 6.07) is 31.7. The van der Waals surface area contributed by atoms with Crippen molar-refractivity contribution >= 4 is 0 Å². The van der Waals surface area contributed by atoms with Crippen molar-refractivity contribution in [1.82, 2.24) is 0 Å². The molecule has 133 heavy (non-hydrogen) atoms. The normalized spacial score (nSPS) is 22.8. The van der Waals surface area contributed by atoms with Gasteiger partial charge in [0.25, 0.3) is 0 Å². The topological polar surface area (TPSA) is 65.5 Å². The highest BCUT2D eigenvalue weighted by Gasteiger charge is 2.54. The van der Waals surface area contributed by atoms with Crippen LogP contribution in [0.5, 0.6) is 28.7 Å². The first kappa shape index (κ1) is 76.0. The molecule has 0 N–H and O–H groups in total. The average molecular weight is 1810 g/mol. The Morgan fingerprint density at radius 2 is 0.526 bits per heavy atom. The quantitative estimate of drug-likeness (QED) is 0.161. The smallest absolute Gasteiger partial charge is 0.216 e. The number of hydrogen-bond acceptors (Lipinski definition) is 5. The zero-order chi connectivity index (χ0) is 109. The molecule has 6 saturated carbocycles. The van der Waals surface area contributed by atoms with Gasteiger partial charge in [-0.15, -0.1) is 0 Å². The lowest BCUT2D eigenvalue weighted by Crippen LogP contribution is -2.48. The lowest BCUT2D eigenvalue weighted by molar-refractivity contribution is -0.660. The fourth-order valence-electron chi connectivity index (χ4n) is 25.9. The fraction of sp³-hybridized carbons (Fsp3) is 0.553. The summed E-state index contributed by atoms with van der Waals surface area (Å²) in [5.74, 6) is 4.74. The average Bonchev–Trinajstić information content (AvgIpc) is 1.42. The predicted molar refractivity (Wildman–Crippen MR) is 545 cm³/mol. The Kier molecular flexibility index (Phi) is 21.6. The first-order valence-electron chi connectivity index (χ1n) is 59.3. The molecular weight excluding hydrogens is 1630 g/mol. The van der Waals surface area contributed by atoms with Crippen LogP contribution in [-0.2, 0) is 64.3 Å². The minimum Gasteiger partial charge on any atom is -0.487 e. The van der Waals surface area contributed by atoms with E-state index in [1.54, 1.807) is 31.0 Å². The summed E-state index contributed by atoms with van der Waals surface area (Å²) in [6.45, 7) is 18.4. The van der Waals surface area contributed by atoms with Gasteiger partial charge in [0.05, 0.1) is 27.8 Å². The van der Waals surface area contributed by atoms with E-state index in [4.69, 9.17) is 47.0 Å². The molecule has 0 radical (unpaired) electrons. The maximum Gasteiger partial charge on any atom is 0.216 e. The third-order valence-electron chi connectivity index (χ3n) is 33.2. The van der Waals surface area contributed by atoms with Crippen molar-refractivity contribution < 1.29 is 69.8 Å². The molecule has 0 bridgehead atoms. The molecule has 10 nitrogen and oxygen atoms in total. The van der Waals surface area contributed by atoms with Gasteiger partial charge in [-0.25, -0.2) is 22.8 Å². The van der Waals surface area contributed by atoms with Crippen molar-refractivity contribution in [3.63, 3.8) is 0 Å². The number of hydrogen-bond donors (Lipinski definition) is 0. The molecule has 5 aliphatic heterocycles. The summed E-state index contributed by atoms with van der Waals surface area (Å²) in [5, 5.41) is 0. The molecule has 10 heterocycles. The van der Waals surface area contributed by atoms with Crippen LogP contribution in [0.3, 0.4) is 0 Å². The molecule has 0 saturated heterocycles. The van der Waals surface area contributed by atoms with E-state index in [-0.39, 0.29) is 38.6 Å². The van der Waals surface area contributed by atoms with Crippen LogP contribution in [0, 0.1) is 103 Å². The number of fused-ring (bicyclic) bond motifs is 7. The monoisotopic (exact) mass is 1810 g/mol. The van der Waals surface area contributed by atoms with Crippen LogP contribution in [0.25, 0.3) is 56.3 Å². The Morgan fingerprint density at radius 1 is 0.256 bits per heavy atom. The molecule has 706 valence electrons. The lowest BCUT2D eigenvalue weighted by Gasteiger charge is -2.50. The molecule has 0 unspecified atom stereocenters. The van der Waals surface area contributed by atoms with Crippen molar-refractivity contribution in [3.05, 3.63) is 233 Å². The third kappa shape index (κ3) is 18.9. The van der Waals surface area contributed by atoms with E-state index in [1.807, 2.05) is 136 Å². The van der Waals surface area contributed by atoms with Gasteiger partial charge in [0.15, 0.2) is 31.0 Å². The van der Waals surface area contributed by atoms with E-state index in [9.17, 15) is 0 Å². The largest absolute Gasteiger partial charge is 0.487 e. The van der Waals surface area contributed by atoms with Gasteiger partial charge in [0.2, 0.25) is 28.5 Å². The second kappa shape index (κ2) is 37.7. The SMILES string of the molecule is [2H]C([2H])([2H])c1c[n+](C)c(-c2c(C)ccc3c2OC(C)(C)CC32CCCCC2)cc1C.[2H]C([2H])([2H])c1c[n+](C)c(-c2c(C)ccc3c2OC2(CCCCC2)CC3(C)C)cc1C.[2H]C([2H])([2H])c1c[n+](C)c(-c2c(C)ccc3c2OC2(CCCCC2)CC3([2H])[2H])cc1C.[2H]C([2H])([2H])c1c[n+](C)c(-c2c(C)ccc3c2OC2(CCCCC2)CC3)cc1C.[2H]C([2H])([2H])c1c[n+](C)c(-c2c(C)ccc3c2OC2(CCCCC2)CC32CCCC2)cc1C. The summed E-state index contributed by atoms with van der Waals surface area (Å²) in [5.41, 5.74) is 27.4. The molecule has 0 amide bonds. The van der Waals surface area contributed by atoms with E-state index < -0.39 is 46.2 Å². The summed E-state index contributed by atoms with van der Waals surface area (Å²) in [4.78, 5) is 0. The van der Waals surface area contributed by atoms with E-state index in [2.05, 4.69) is 110 Å². The van der Waals surface area contributed by atoms with Crippen LogP contribution in [0.15, 0.2) is 122 Å². The summed E-state index contributed by atoms with van der Waals surface area (Å²) in [6.07, 6.45) is 47.8. The van der Waals surface area contributed by atoms with Gasteiger partial charge in [-0.3, -0.25) is 0 Å². The maximum atomic E-state index is 8.82. The number of aromatic nitrogens is 5. The molecule has 10 aromatic rings. The first-order chi connectivity index (χ1) is 70.1. The Bertz CT molecular complexity index is 6620. The van der Waals surface area contributed by atoms with Gasteiger partial charge in [0, 0.05) is 109 Å². The zero-order valence-electron chi connectivity index (χ0n) is 101. The van der Waals surface area contributed by atoms with E-state index in [0.717, 1.165) is 208 Å². The Morgan fingerprint density at radius 3 is 0.895 bits per heavy atom. The first-order valence-corrected chi connectivity index (χ1v) is 50.8. The van der Waals surface area contributed by atoms with E-state index in [0.29, 0.717) is 51.1 Å². The van der Waals surface area contributed by atoms with Gasteiger partial charge < -0.3 is 23.7 Å². The second-order valence-corrected chi connectivity index (χ2v) is 44.5. The second-order valence-electron chi connectivity index (χ2n) is 44.5. The minimum absolute atomic E-state index is 0.0138. The molecule has 6 fully saturated rings. The van der Waals surface area contributed by atoms with Crippen molar-refractivity contribution in [2.75, 3.05) is 0 Å². The molecule has 10 heteroatoms. The van der Waals surface area contributed by atoms with Crippen LogP contribution >= 0.6 is 0 Å². The number of rotatable bonds is 5. The molecule has 5 aromatic carbocycles. The van der Waals surface area contributed by atoms with Crippen molar-refractivity contribution in [2.45, 2.75) is 407 Å². The summed E-state index contributed by atoms with van der Waals surface area (Å²) >= 11 is 0. The molecule has 6 aliphatic carbocycles.